The van der Waals surface area contributed by atoms with Gasteiger partial charge in [0.15, 0.2) is 6.10 Å². The average molecular weight is 346 g/mol. The zero-order valence-corrected chi connectivity index (χ0v) is 13.2. The molecule has 0 bridgehead atoms. The summed E-state index contributed by atoms with van der Waals surface area (Å²) in [6.45, 7) is 1.77. The van der Waals surface area contributed by atoms with E-state index in [-0.39, 0.29) is 0 Å². The van der Waals surface area contributed by atoms with Gasteiger partial charge in [0.1, 0.15) is 5.15 Å². The minimum atomic E-state index is -1.39. The minimum Gasteiger partial charge on any atom is -0.378 e. The molecule has 1 unspecified atom stereocenters. The van der Waals surface area contributed by atoms with Crippen molar-refractivity contribution in [2.24, 2.45) is 0 Å². The summed E-state index contributed by atoms with van der Waals surface area (Å²) >= 11 is 17.4. The number of nitrogens with zero attached hydrogens (tertiary/aromatic N) is 1. The van der Waals surface area contributed by atoms with E-state index in [1.54, 1.807) is 13.0 Å². The number of hydrogen-bond donors (Lipinski definition) is 2. The third-order valence-corrected chi connectivity index (χ3v) is 3.43. The highest BCUT2D eigenvalue weighted by atomic mass is 35.5. The number of nitrogens with one attached hydrogen (secondary N) is 1. The van der Waals surface area contributed by atoms with Gasteiger partial charge in [-0.1, -0.05) is 34.8 Å². The Morgan fingerprint density at radius 1 is 1.19 bits per heavy atom. The molecule has 0 saturated carbocycles. The fourth-order valence-corrected chi connectivity index (χ4v) is 2.49. The Morgan fingerprint density at radius 2 is 1.81 bits per heavy atom. The number of amides is 1. The van der Waals surface area contributed by atoms with Gasteiger partial charge in [0.25, 0.3) is 5.91 Å². The van der Waals surface area contributed by atoms with Crippen LogP contribution in [0.1, 0.15) is 17.2 Å². The monoisotopic (exact) mass is 344 g/mol. The Bertz CT molecular complexity index is 672. The predicted molar refractivity (Wildman–Crippen MR) is 84.0 cm³/mol. The maximum atomic E-state index is 12.1. The average Bonchev–Trinajstić information content (AvgIpc) is 2.40. The summed E-state index contributed by atoms with van der Waals surface area (Å²) < 4.78 is 0. The Labute approximate surface area is 136 Å². The smallest absolute Gasteiger partial charge is 0.257 e. The van der Waals surface area contributed by atoms with Gasteiger partial charge in [0, 0.05) is 10.0 Å². The van der Waals surface area contributed by atoms with E-state index in [1.165, 1.54) is 24.4 Å². The standard InChI is InChI=1S/C14H11Cl3N2O2/c1-7-2-12(17)18-6-11(7)19-14(21)13(20)8-3-9(15)5-10(16)4-8/h2-6,13,20H,1H3,(H,19,21). The number of carbonyl (C=O) groups excluding carboxylic acids is 1. The minimum absolute atomic E-state index is 0.310. The Hall–Kier alpha value is -1.33. The number of aliphatic hydroxyl groups excluding tert-OH is 1. The van der Waals surface area contributed by atoms with Crippen LogP contribution in [0, 0.1) is 6.92 Å². The van der Waals surface area contributed by atoms with Crippen LogP contribution in [0.2, 0.25) is 15.2 Å². The lowest BCUT2D eigenvalue weighted by Crippen LogP contribution is -2.21. The summed E-state index contributed by atoms with van der Waals surface area (Å²) in [6.07, 6.45) is 0.0315. The van der Waals surface area contributed by atoms with E-state index in [1.807, 2.05) is 0 Å². The number of benzene rings is 1. The number of aryl methyl sites for hydroxylation is 1. The van der Waals surface area contributed by atoms with Gasteiger partial charge in [0.2, 0.25) is 0 Å². The van der Waals surface area contributed by atoms with E-state index in [9.17, 15) is 9.90 Å². The van der Waals surface area contributed by atoms with Gasteiger partial charge in [-0.2, -0.15) is 0 Å². The molecule has 0 radical (unpaired) electrons. The molecule has 0 saturated heterocycles. The first-order valence-corrected chi connectivity index (χ1v) is 7.07. The number of rotatable bonds is 3. The lowest BCUT2D eigenvalue weighted by Gasteiger charge is -2.13. The molecule has 0 aliphatic heterocycles. The van der Waals surface area contributed by atoms with E-state index in [0.29, 0.717) is 26.4 Å². The molecule has 4 nitrogen and oxygen atoms in total. The van der Waals surface area contributed by atoms with E-state index >= 15 is 0 Å². The van der Waals surface area contributed by atoms with E-state index < -0.39 is 12.0 Å². The highest BCUT2D eigenvalue weighted by Crippen LogP contribution is 2.25. The van der Waals surface area contributed by atoms with Crippen LogP contribution in [0.5, 0.6) is 0 Å². The Balaban J connectivity index is 2.19. The number of anilines is 1. The first kappa shape index (κ1) is 16.0. The SMILES string of the molecule is Cc1cc(Cl)ncc1NC(=O)C(O)c1cc(Cl)cc(Cl)c1. The largest absolute Gasteiger partial charge is 0.378 e. The second-order valence-electron chi connectivity index (χ2n) is 4.42. The van der Waals surface area contributed by atoms with E-state index in [2.05, 4.69) is 10.3 Å². The van der Waals surface area contributed by atoms with Gasteiger partial charge in [-0.3, -0.25) is 4.79 Å². The molecule has 0 fully saturated rings. The Kier molecular flexibility index (Phi) is 5.06. The number of carbonyl (C=O) groups is 1. The number of aromatic nitrogens is 1. The molecule has 2 rings (SSSR count). The van der Waals surface area contributed by atoms with Crippen LogP contribution in [0.3, 0.4) is 0 Å². The normalized spacial score (nSPS) is 12.0. The predicted octanol–water partition coefficient (Wildman–Crippen LogP) is 4.02. The van der Waals surface area contributed by atoms with Crippen LogP contribution in [-0.2, 0) is 4.79 Å². The topological polar surface area (TPSA) is 62.2 Å². The van der Waals surface area contributed by atoms with Crippen molar-refractivity contribution in [1.82, 2.24) is 4.98 Å². The summed E-state index contributed by atoms with van der Waals surface area (Å²) in [5.74, 6) is -0.611. The van der Waals surface area contributed by atoms with E-state index in [4.69, 9.17) is 34.8 Å². The molecule has 1 atom stereocenters. The van der Waals surface area contributed by atoms with Crippen LogP contribution >= 0.6 is 34.8 Å². The summed E-state index contributed by atoms with van der Waals surface area (Å²) in [5, 5.41) is 13.7. The third kappa shape index (κ3) is 4.08. The van der Waals surface area contributed by atoms with Crippen LogP contribution in [-0.4, -0.2) is 16.0 Å². The number of pyridine rings is 1. The highest BCUT2D eigenvalue weighted by molar-refractivity contribution is 6.34. The zero-order chi connectivity index (χ0) is 15.6. The second-order valence-corrected chi connectivity index (χ2v) is 5.68. The molecule has 7 heteroatoms. The maximum Gasteiger partial charge on any atom is 0.257 e. The summed E-state index contributed by atoms with van der Waals surface area (Å²) in [5.41, 5.74) is 1.51. The van der Waals surface area contributed by atoms with Gasteiger partial charge >= 0.3 is 0 Å². The molecule has 2 N–H and O–H groups in total. The third-order valence-electron chi connectivity index (χ3n) is 2.78. The van der Waals surface area contributed by atoms with Crippen molar-refractivity contribution in [3.63, 3.8) is 0 Å². The first-order valence-electron chi connectivity index (χ1n) is 5.94. The van der Waals surface area contributed by atoms with Crippen molar-refractivity contribution in [2.75, 3.05) is 5.32 Å². The summed E-state index contributed by atoms with van der Waals surface area (Å²) in [6, 6.07) is 6.08. The molecule has 1 amide bonds. The van der Waals surface area contributed by atoms with Crippen molar-refractivity contribution in [3.8, 4) is 0 Å². The molecule has 1 heterocycles. The summed E-state index contributed by atoms with van der Waals surface area (Å²) in [7, 11) is 0. The van der Waals surface area contributed by atoms with Crippen molar-refractivity contribution in [2.45, 2.75) is 13.0 Å². The maximum absolute atomic E-state index is 12.1. The van der Waals surface area contributed by atoms with Crippen molar-refractivity contribution in [3.05, 3.63) is 56.8 Å². The van der Waals surface area contributed by atoms with E-state index in [0.717, 1.165) is 5.56 Å². The van der Waals surface area contributed by atoms with Crippen LogP contribution < -0.4 is 5.32 Å². The first-order chi connectivity index (χ1) is 9.86. The summed E-state index contributed by atoms with van der Waals surface area (Å²) in [4.78, 5) is 15.9. The molecule has 110 valence electrons. The number of aliphatic hydroxyl groups is 1. The highest BCUT2D eigenvalue weighted by Gasteiger charge is 2.19. The molecule has 0 aliphatic rings. The van der Waals surface area contributed by atoms with Crippen LogP contribution in [0.4, 0.5) is 5.69 Å². The lowest BCUT2D eigenvalue weighted by atomic mass is 10.1. The van der Waals surface area contributed by atoms with Gasteiger partial charge in [0.05, 0.1) is 11.9 Å². The molecule has 0 aliphatic carbocycles. The molecular formula is C14H11Cl3N2O2. The molecule has 2 aromatic rings. The second kappa shape index (κ2) is 6.62. The molecule has 1 aromatic heterocycles. The number of halogens is 3. The lowest BCUT2D eigenvalue weighted by molar-refractivity contribution is -0.124. The van der Waals surface area contributed by atoms with Crippen molar-refractivity contribution >= 4 is 46.4 Å². The van der Waals surface area contributed by atoms with Crippen LogP contribution in [0.25, 0.3) is 0 Å². The fraction of sp³-hybridized carbons (Fsp3) is 0.143. The van der Waals surface area contributed by atoms with Crippen molar-refractivity contribution in [1.29, 1.82) is 0 Å². The molecule has 1 aromatic carbocycles. The quantitative estimate of drug-likeness (QED) is 0.826. The van der Waals surface area contributed by atoms with Crippen LogP contribution in [0.15, 0.2) is 30.5 Å². The van der Waals surface area contributed by atoms with Gasteiger partial charge < -0.3 is 10.4 Å². The molecular weight excluding hydrogens is 335 g/mol. The fourth-order valence-electron chi connectivity index (χ4n) is 1.74. The zero-order valence-electron chi connectivity index (χ0n) is 10.9. The molecule has 0 spiro atoms. The molecule has 21 heavy (non-hydrogen) atoms. The van der Waals surface area contributed by atoms with Gasteiger partial charge in [-0.15, -0.1) is 0 Å². The van der Waals surface area contributed by atoms with Gasteiger partial charge in [-0.05, 0) is 42.3 Å². The van der Waals surface area contributed by atoms with Crippen molar-refractivity contribution < 1.29 is 9.90 Å². The Morgan fingerprint density at radius 3 is 2.38 bits per heavy atom. The van der Waals surface area contributed by atoms with Gasteiger partial charge in [-0.25, -0.2) is 4.98 Å². The number of hydrogen-bond acceptors (Lipinski definition) is 3.